The zero-order valence-electron chi connectivity index (χ0n) is 17.6. The van der Waals surface area contributed by atoms with Crippen LogP contribution in [0.4, 0.5) is 5.69 Å². The topological polar surface area (TPSA) is 90.3 Å². The average Bonchev–Trinajstić information content (AvgIpc) is 2.79. The highest BCUT2D eigenvalue weighted by molar-refractivity contribution is 6.04. The van der Waals surface area contributed by atoms with Gasteiger partial charge in [0.2, 0.25) is 11.1 Å². The van der Waals surface area contributed by atoms with Crippen molar-refractivity contribution in [1.29, 1.82) is 0 Å². The molecule has 0 spiro atoms. The molecule has 160 valence electrons. The number of anilines is 1. The molecule has 0 aliphatic heterocycles. The molecule has 1 heterocycles. The van der Waals surface area contributed by atoms with Crippen molar-refractivity contribution in [3.63, 3.8) is 0 Å². The number of nitrogens with zero attached hydrogens (tertiary/aromatic N) is 2. The largest absolute Gasteiger partial charge is 0.448 e. The van der Waals surface area contributed by atoms with Crippen molar-refractivity contribution in [3.8, 4) is 5.69 Å². The van der Waals surface area contributed by atoms with Crippen molar-refractivity contribution < 1.29 is 14.3 Å². The van der Waals surface area contributed by atoms with Crippen molar-refractivity contribution in [3.05, 3.63) is 100 Å². The minimum atomic E-state index is -1.13. The number of nitrogens with one attached hydrogen (secondary N) is 1. The minimum Gasteiger partial charge on any atom is -0.448 e. The summed E-state index contributed by atoms with van der Waals surface area (Å²) in [5.74, 6) is -1.47. The highest BCUT2D eigenvalue weighted by Gasteiger charge is 2.23. The molecule has 0 fully saturated rings. The Hall–Kier alpha value is -4.26. The van der Waals surface area contributed by atoms with Gasteiger partial charge in [-0.05, 0) is 37.4 Å². The van der Waals surface area contributed by atoms with Gasteiger partial charge < -0.3 is 10.1 Å². The number of hydrogen-bond donors (Lipinski definition) is 1. The molecule has 32 heavy (non-hydrogen) atoms. The molecule has 0 aliphatic rings. The number of esters is 1. The molecule has 3 aromatic carbocycles. The lowest BCUT2D eigenvalue weighted by molar-refractivity contribution is -0.123. The van der Waals surface area contributed by atoms with Crippen molar-refractivity contribution in [1.82, 2.24) is 9.78 Å². The van der Waals surface area contributed by atoms with E-state index in [-0.39, 0.29) is 5.69 Å². The van der Waals surface area contributed by atoms with Crippen molar-refractivity contribution in [2.75, 3.05) is 5.32 Å². The van der Waals surface area contributed by atoms with Gasteiger partial charge in [-0.25, -0.2) is 9.48 Å². The van der Waals surface area contributed by atoms with Gasteiger partial charge in [0.25, 0.3) is 5.91 Å². The molecule has 7 heteroatoms. The van der Waals surface area contributed by atoms with E-state index in [0.717, 1.165) is 10.8 Å². The van der Waals surface area contributed by atoms with Gasteiger partial charge in [-0.1, -0.05) is 54.6 Å². The van der Waals surface area contributed by atoms with E-state index in [9.17, 15) is 14.4 Å². The third-order valence-corrected chi connectivity index (χ3v) is 5.00. The number of rotatable bonds is 5. The Labute approximate surface area is 184 Å². The van der Waals surface area contributed by atoms with Crippen LogP contribution in [0.3, 0.4) is 0 Å². The van der Waals surface area contributed by atoms with E-state index in [1.54, 1.807) is 25.1 Å². The van der Waals surface area contributed by atoms with Gasteiger partial charge in [0.05, 0.1) is 5.69 Å². The third kappa shape index (κ3) is 4.27. The number of aryl methyl sites for hydroxylation is 1. The summed E-state index contributed by atoms with van der Waals surface area (Å²) in [5.41, 5.74) is 0.918. The fourth-order valence-electron chi connectivity index (χ4n) is 3.36. The average molecular weight is 427 g/mol. The van der Waals surface area contributed by atoms with Crippen LogP contribution in [0.25, 0.3) is 16.5 Å². The van der Waals surface area contributed by atoms with Crippen LogP contribution in [0.1, 0.15) is 23.1 Å². The Kier molecular flexibility index (Phi) is 5.81. The van der Waals surface area contributed by atoms with Gasteiger partial charge in [0.15, 0.2) is 6.10 Å². The number of fused-ring (bicyclic) bond motifs is 1. The summed E-state index contributed by atoms with van der Waals surface area (Å²) in [6.07, 6.45) is -1.13. The van der Waals surface area contributed by atoms with E-state index in [1.165, 1.54) is 17.7 Å². The normalized spacial score (nSPS) is 11.7. The lowest BCUT2D eigenvalue weighted by Crippen LogP contribution is -2.32. The number of benzene rings is 3. The number of hydrogen-bond acceptors (Lipinski definition) is 5. The van der Waals surface area contributed by atoms with Crippen LogP contribution in [0.2, 0.25) is 0 Å². The van der Waals surface area contributed by atoms with Gasteiger partial charge >= 0.3 is 5.97 Å². The fourth-order valence-corrected chi connectivity index (χ4v) is 3.36. The minimum absolute atomic E-state index is 0.385. The predicted molar refractivity (Wildman–Crippen MR) is 122 cm³/mol. The maximum Gasteiger partial charge on any atom is 0.363 e. The first-order valence-corrected chi connectivity index (χ1v) is 10.1. The molecule has 4 aromatic rings. The van der Waals surface area contributed by atoms with Crippen LogP contribution < -0.4 is 10.7 Å². The Morgan fingerprint density at radius 2 is 1.66 bits per heavy atom. The number of para-hydroxylation sites is 1. The molecule has 0 saturated carbocycles. The Balaban J connectivity index is 1.53. The molecule has 0 saturated heterocycles. The quantitative estimate of drug-likeness (QED) is 0.488. The number of amides is 1. The van der Waals surface area contributed by atoms with Gasteiger partial charge in [-0.3, -0.25) is 9.59 Å². The molecule has 0 radical (unpaired) electrons. The van der Waals surface area contributed by atoms with Crippen LogP contribution in [0.5, 0.6) is 0 Å². The molecule has 1 aromatic heterocycles. The Morgan fingerprint density at radius 1 is 0.969 bits per heavy atom. The molecule has 1 N–H and O–H groups in total. The predicted octanol–water partition coefficient (Wildman–Crippen LogP) is 3.88. The van der Waals surface area contributed by atoms with E-state index >= 15 is 0 Å². The first-order chi connectivity index (χ1) is 15.4. The van der Waals surface area contributed by atoms with Gasteiger partial charge in [0, 0.05) is 22.8 Å². The molecule has 1 atom stereocenters. The molecule has 7 nitrogen and oxygen atoms in total. The molecule has 0 bridgehead atoms. The van der Waals surface area contributed by atoms with Gasteiger partial charge in [-0.15, -0.1) is 0 Å². The number of carbonyl (C=O) groups is 2. The lowest BCUT2D eigenvalue weighted by Gasteiger charge is -2.15. The van der Waals surface area contributed by atoms with E-state index in [0.29, 0.717) is 17.1 Å². The van der Waals surface area contributed by atoms with Crippen molar-refractivity contribution >= 4 is 28.3 Å². The number of aromatic nitrogens is 2. The second-order valence-electron chi connectivity index (χ2n) is 7.31. The number of ether oxygens (including phenoxy) is 1. The highest BCUT2D eigenvalue weighted by atomic mass is 16.5. The van der Waals surface area contributed by atoms with E-state index < -0.39 is 23.4 Å². The Bertz CT molecular complexity index is 1360. The smallest absolute Gasteiger partial charge is 0.363 e. The Morgan fingerprint density at radius 3 is 2.44 bits per heavy atom. The summed E-state index contributed by atoms with van der Waals surface area (Å²) in [6.45, 7) is 3.17. The maximum absolute atomic E-state index is 12.7. The summed E-state index contributed by atoms with van der Waals surface area (Å²) in [6, 6.07) is 23.6. The van der Waals surface area contributed by atoms with Crippen LogP contribution in [-0.2, 0) is 9.53 Å². The SMILES string of the molecule is Cc1cc(=O)c(C(=O)OC(C)C(=O)Nc2cccc3ccccc23)nn1-c1ccccc1. The zero-order chi connectivity index (χ0) is 22.7. The lowest BCUT2D eigenvalue weighted by atomic mass is 10.1. The van der Waals surface area contributed by atoms with E-state index in [4.69, 9.17) is 4.74 Å². The van der Waals surface area contributed by atoms with Crippen LogP contribution in [0.15, 0.2) is 83.7 Å². The van der Waals surface area contributed by atoms with E-state index in [1.807, 2.05) is 54.6 Å². The summed E-state index contributed by atoms with van der Waals surface area (Å²) in [5, 5.41) is 8.80. The first kappa shape index (κ1) is 21.0. The number of carbonyl (C=O) groups excluding carboxylic acids is 2. The first-order valence-electron chi connectivity index (χ1n) is 10.1. The van der Waals surface area contributed by atoms with Crippen LogP contribution in [-0.4, -0.2) is 27.8 Å². The summed E-state index contributed by atoms with van der Waals surface area (Å²) >= 11 is 0. The van der Waals surface area contributed by atoms with Crippen molar-refractivity contribution in [2.24, 2.45) is 0 Å². The van der Waals surface area contributed by atoms with Crippen LogP contribution in [0, 0.1) is 6.92 Å². The van der Waals surface area contributed by atoms with Gasteiger partial charge in [0.1, 0.15) is 0 Å². The fraction of sp³-hybridized carbons (Fsp3) is 0.120. The molecule has 1 amide bonds. The molecule has 1 unspecified atom stereocenters. The summed E-state index contributed by atoms with van der Waals surface area (Å²) < 4.78 is 6.75. The third-order valence-electron chi connectivity index (χ3n) is 5.00. The summed E-state index contributed by atoms with van der Waals surface area (Å²) in [7, 11) is 0. The highest BCUT2D eigenvalue weighted by Crippen LogP contribution is 2.23. The standard InChI is InChI=1S/C25H21N3O4/c1-16-15-22(29)23(27-28(16)19-11-4-3-5-12-19)25(31)32-17(2)24(30)26-21-14-8-10-18-9-6-7-13-20(18)21/h3-15,17H,1-2H3,(H,26,30). The molecule has 4 rings (SSSR count). The molecular weight excluding hydrogens is 406 g/mol. The molecule has 0 aliphatic carbocycles. The monoisotopic (exact) mass is 427 g/mol. The molecular formula is C25H21N3O4. The maximum atomic E-state index is 12.7. The second-order valence-corrected chi connectivity index (χ2v) is 7.31. The van der Waals surface area contributed by atoms with Crippen LogP contribution >= 0.6 is 0 Å². The van der Waals surface area contributed by atoms with E-state index in [2.05, 4.69) is 10.4 Å². The van der Waals surface area contributed by atoms with Crippen molar-refractivity contribution in [2.45, 2.75) is 20.0 Å². The second kappa shape index (κ2) is 8.85. The zero-order valence-corrected chi connectivity index (χ0v) is 17.6. The summed E-state index contributed by atoms with van der Waals surface area (Å²) in [4.78, 5) is 37.7. The van der Waals surface area contributed by atoms with Gasteiger partial charge in [-0.2, -0.15) is 5.10 Å².